The largest absolute Gasteiger partial charge is 0.347 e. The normalized spacial score (nSPS) is 19.0. The van der Waals surface area contributed by atoms with E-state index in [1.165, 1.54) is 6.42 Å². The second-order valence-corrected chi connectivity index (χ2v) is 8.40. The maximum Gasteiger partial charge on any atom is 0.230 e. The van der Waals surface area contributed by atoms with Gasteiger partial charge in [0.05, 0.1) is 11.8 Å². The Morgan fingerprint density at radius 3 is 2.43 bits per heavy atom. The van der Waals surface area contributed by atoms with Gasteiger partial charge in [-0.15, -0.1) is 0 Å². The van der Waals surface area contributed by atoms with Crippen LogP contribution in [0.1, 0.15) is 37.9 Å². The first-order chi connectivity index (χ1) is 11.0. The van der Waals surface area contributed by atoms with Crippen LogP contribution in [0.4, 0.5) is 11.9 Å². The Labute approximate surface area is 137 Å². The zero-order valence-corrected chi connectivity index (χ0v) is 14.5. The summed E-state index contributed by atoms with van der Waals surface area (Å²) >= 11 is 0. The lowest BCUT2D eigenvalue weighted by molar-refractivity contribution is 0.563. The molecule has 3 rings (SSSR count). The Hall–Kier alpha value is -1.48. The summed E-state index contributed by atoms with van der Waals surface area (Å²) in [4.78, 5) is 17.3. The highest BCUT2D eigenvalue weighted by molar-refractivity contribution is 7.90. The third-order valence-corrected chi connectivity index (χ3v) is 5.99. The molecule has 0 bridgehead atoms. The van der Waals surface area contributed by atoms with Gasteiger partial charge in [-0.05, 0) is 32.1 Å². The Balaban J connectivity index is 1.79. The average Bonchev–Trinajstić information content (AvgIpc) is 3.39. The monoisotopic (exact) mass is 340 g/mol. The number of hydrogen-bond donors (Lipinski definition) is 1. The van der Waals surface area contributed by atoms with E-state index in [1.807, 2.05) is 19.0 Å². The van der Waals surface area contributed by atoms with E-state index >= 15 is 0 Å². The first kappa shape index (κ1) is 16.4. The highest BCUT2D eigenvalue weighted by Gasteiger charge is 2.35. The van der Waals surface area contributed by atoms with Crippen LogP contribution in [-0.2, 0) is 16.6 Å². The van der Waals surface area contributed by atoms with Crippen molar-refractivity contribution < 1.29 is 8.42 Å². The fraction of sp³-hybridized carbons (Fsp3) is 0.786. The summed E-state index contributed by atoms with van der Waals surface area (Å²) in [6, 6.07) is 0. The van der Waals surface area contributed by atoms with E-state index in [0.717, 1.165) is 38.8 Å². The van der Waals surface area contributed by atoms with Crippen molar-refractivity contribution in [2.24, 2.45) is 0 Å². The van der Waals surface area contributed by atoms with Gasteiger partial charge in [-0.1, -0.05) is 0 Å². The van der Waals surface area contributed by atoms with E-state index in [1.54, 1.807) is 0 Å². The van der Waals surface area contributed by atoms with Crippen molar-refractivity contribution >= 4 is 21.9 Å². The summed E-state index contributed by atoms with van der Waals surface area (Å²) < 4.78 is 26.6. The molecule has 0 radical (unpaired) electrons. The second kappa shape index (κ2) is 6.56. The molecule has 1 N–H and O–H groups in total. The molecule has 0 amide bonds. The number of aromatic nitrogens is 3. The summed E-state index contributed by atoms with van der Waals surface area (Å²) in [7, 11) is 0.503. The molecule has 0 spiro atoms. The predicted molar refractivity (Wildman–Crippen MR) is 89.0 cm³/mol. The fourth-order valence-corrected chi connectivity index (χ4v) is 3.89. The number of hydrogen-bond acceptors (Lipinski definition) is 7. The van der Waals surface area contributed by atoms with Crippen LogP contribution < -0.4 is 14.5 Å². The summed E-state index contributed by atoms with van der Waals surface area (Å²) in [5.41, 5.74) is 0. The van der Waals surface area contributed by atoms with Crippen LogP contribution in [0.15, 0.2) is 0 Å². The predicted octanol–water partition coefficient (Wildman–Crippen LogP) is 0.510. The molecule has 1 saturated carbocycles. The highest BCUT2D eigenvalue weighted by Crippen LogP contribution is 2.27. The van der Waals surface area contributed by atoms with Gasteiger partial charge in [0, 0.05) is 27.2 Å². The highest BCUT2D eigenvalue weighted by atomic mass is 32.2. The summed E-state index contributed by atoms with van der Waals surface area (Å²) in [6.45, 7) is 1.98. The van der Waals surface area contributed by atoms with E-state index in [9.17, 15) is 8.42 Å². The van der Waals surface area contributed by atoms with E-state index in [4.69, 9.17) is 0 Å². The standard InChI is InChI=1S/C14H24N6O2S/c1-19(2)13-16-12(10-15-23(21,22)11-6-7-11)17-14(18-13)20-8-4-3-5-9-20/h11,15H,3-10H2,1-2H3. The molecule has 128 valence electrons. The molecule has 0 unspecified atom stereocenters. The molecule has 8 nitrogen and oxygen atoms in total. The SMILES string of the molecule is CN(C)c1nc(CNS(=O)(=O)C2CC2)nc(N2CCCCC2)n1. The van der Waals surface area contributed by atoms with Gasteiger partial charge < -0.3 is 9.80 Å². The lowest BCUT2D eigenvalue weighted by atomic mass is 10.1. The third kappa shape index (κ3) is 4.08. The van der Waals surface area contributed by atoms with Crippen molar-refractivity contribution in [2.75, 3.05) is 37.0 Å². The molecule has 0 atom stereocenters. The van der Waals surface area contributed by atoms with Crippen molar-refractivity contribution in [1.82, 2.24) is 19.7 Å². The molecule has 2 fully saturated rings. The van der Waals surface area contributed by atoms with Crippen molar-refractivity contribution in [3.8, 4) is 0 Å². The maximum absolute atomic E-state index is 12.0. The topological polar surface area (TPSA) is 91.3 Å². The smallest absolute Gasteiger partial charge is 0.230 e. The molecular weight excluding hydrogens is 316 g/mol. The number of piperidine rings is 1. The van der Waals surface area contributed by atoms with E-state index < -0.39 is 10.0 Å². The summed E-state index contributed by atoms with van der Waals surface area (Å²) in [6.07, 6.45) is 4.98. The molecule has 1 aromatic rings. The van der Waals surface area contributed by atoms with Gasteiger partial charge in [0.15, 0.2) is 5.82 Å². The summed E-state index contributed by atoms with van der Waals surface area (Å²) in [5, 5.41) is -0.237. The van der Waals surface area contributed by atoms with Crippen LogP contribution in [0.3, 0.4) is 0 Å². The molecule has 23 heavy (non-hydrogen) atoms. The Morgan fingerprint density at radius 1 is 1.13 bits per heavy atom. The van der Waals surface area contributed by atoms with Crippen LogP contribution in [0.25, 0.3) is 0 Å². The maximum atomic E-state index is 12.0. The van der Waals surface area contributed by atoms with Gasteiger partial charge >= 0.3 is 0 Å². The quantitative estimate of drug-likeness (QED) is 0.806. The van der Waals surface area contributed by atoms with Gasteiger partial charge in [-0.2, -0.15) is 15.0 Å². The molecule has 1 aliphatic heterocycles. The first-order valence-corrected chi connectivity index (χ1v) is 9.66. The molecule has 9 heteroatoms. The van der Waals surface area contributed by atoms with Crippen LogP contribution in [0, 0.1) is 0 Å². The Morgan fingerprint density at radius 2 is 1.83 bits per heavy atom. The minimum atomic E-state index is -3.23. The second-order valence-electron chi connectivity index (χ2n) is 6.36. The Kier molecular flexibility index (Phi) is 4.67. The zero-order valence-electron chi connectivity index (χ0n) is 13.7. The van der Waals surface area contributed by atoms with Crippen molar-refractivity contribution in [3.05, 3.63) is 5.82 Å². The van der Waals surface area contributed by atoms with Gasteiger partial charge in [0.2, 0.25) is 21.9 Å². The molecule has 1 aromatic heterocycles. The lowest BCUT2D eigenvalue weighted by Gasteiger charge is -2.27. The lowest BCUT2D eigenvalue weighted by Crippen LogP contribution is -2.33. The van der Waals surface area contributed by atoms with Crippen LogP contribution in [-0.4, -0.2) is 55.8 Å². The molecule has 1 saturated heterocycles. The van der Waals surface area contributed by atoms with E-state index in [0.29, 0.717) is 17.7 Å². The van der Waals surface area contributed by atoms with Gasteiger partial charge in [-0.3, -0.25) is 0 Å². The first-order valence-electron chi connectivity index (χ1n) is 8.11. The van der Waals surface area contributed by atoms with Gasteiger partial charge in [0.25, 0.3) is 0 Å². The number of rotatable bonds is 6. The third-order valence-electron chi connectivity index (χ3n) is 4.09. The molecular formula is C14H24N6O2S. The molecule has 2 aliphatic rings. The summed E-state index contributed by atoms with van der Waals surface area (Å²) in [5.74, 6) is 1.67. The van der Waals surface area contributed by atoms with E-state index in [2.05, 4.69) is 24.6 Å². The van der Waals surface area contributed by atoms with Crippen molar-refractivity contribution in [2.45, 2.75) is 43.9 Å². The van der Waals surface area contributed by atoms with Gasteiger partial charge in [-0.25, -0.2) is 13.1 Å². The molecule has 1 aliphatic carbocycles. The van der Waals surface area contributed by atoms with E-state index in [-0.39, 0.29) is 11.8 Å². The van der Waals surface area contributed by atoms with Crippen molar-refractivity contribution in [1.29, 1.82) is 0 Å². The number of anilines is 2. The Bertz CT molecular complexity index is 653. The fourth-order valence-electron chi connectivity index (χ4n) is 2.57. The number of nitrogens with zero attached hydrogens (tertiary/aromatic N) is 5. The minimum absolute atomic E-state index is 0.114. The minimum Gasteiger partial charge on any atom is -0.347 e. The number of sulfonamides is 1. The van der Waals surface area contributed by atoms with Crippen LogP contribution in [0.2, 0.25) is 0 Å². The van der Waals surface area contributed by atoms with Crippen LogP contribution >= 0.6 is 0 Å². The van der Waals surface area contributed by atoms with Crippen LogP contribution in [0.5, 0.6) is 0 Å². The average molecular weight is 340 g/mol. The molecule has 2 heterocycles. The zero-order chi connectivity index (χ0) is 16.4. The van der Waals surface area contributed by atoms with Crippen molar-refractivity contribution in [3.63, 3.8) is 0 Å². The number of nitrogens with one attached hydrogen (secondary N) is 1. The molecule has 0 aromatic carbocycles. The van der Waals surface area contributed by atoms with Gasteiger partial charge in [0.1, 0.15) is 0 Å².